The summed E-state index contributed by atoms with van der Waals surface area (Å²) in [4.78, 5) is 8.94. The Kier molecular flexibility index (Phi) is 5.77. The van der Waals surface area contributed by atoms with Crippen LogP contribution in [0.5, 0.6) is 5.75 Å². The van der Waals surface area contributed by atoms with E-state index in [0.717, 1.165) is 29.0 Å². The van der Waals surface area contributed by atoms with E-state index in [4.69, 9.17) is 4.74 Å². The van der Waals surface area contributed by atoms with E-state index in [1.165, 1.54) is 16.8 Å². The molecule has 4 nitrogen and oxygen atoms in total. The zero-order chi connectivity index (χ0) is 17.9. The third-order valence-electron chi connectivity index (χ3n) is 4.75. The van der Waals surface area contributed by atoms with Gasteiger partial charge < -0.3 is 9.30 Å². The number of nitrogens with zero attached hydrogens (tertiary/aromatic N) is 3. The molecule has 0 radical (unpaired) electrons. The molecular weight excluding hydrogens is 358 g/mol. The second-order valence-corrected chi connectivity index (χ2v) is 6.40. The number of rotatable bonds is 5. The highest BCUT2D eigenvalue weighted by atomic mass is 35.5. The van der Waals surface area contributed by atoms with Crippen LogP contribution in [0.25, 0.3) is 11.0 Å². The summed E-state index contributed by atoms with van der Waals surface area (Å²) in [5.41, 5.74) is 6.61. The smallest absolute Gasteiger partial charge is 0.147 e. The van der Waals surface area contributed by atoms with E-state index in [0.29, 0.717) is 6.61 Å². The standard InChI is InChI=1S/C22H21N3O.ClH/c1-16-17(2)25(14-18-8-4-3-5-9-18)22-20(11-13-24-21(16)22)26-15-19-10-6-7-12-23-19;/h3-13H,14-15H2,1-2H3;1H. The molecule has 0 aliphatic carbocycles. The van der Waals surface area contributed by atoms with Crippen molar-refractivity contribution < 1.29 is 4.74 Å². The monoisotopic (exact) mass is 379 g/mol. The zero-order valence-corrected chi connectivity index (χ0v) is 16.2. The van der Waals surface area contributed by atoms with Crippen LogP contribution in [-0.4, -0.2) is 14.5 Å². The minimum Gasteiger partial charge on any atom is -0.485 e. The lowest BCUT2D eigenvalue weighted by atomic mass is 10.2. The van der Waals surface area contributed by atoms with Gasteiger partial charge in [0.25, 0.3) is 0 Å². The Balaban J connectivity index is 0.00000210. The molecular formula is C22H22ClN3O. The van der Waals surface area contributed by atoms with Crippen LogP contribution in [0.3, 0.4) is 0 Å². The fraction of sp³-hybridized carbons (Fsp3) is 0.182. The molecule has 0 saturated heterocycles. The molecule has 27 heavy (non-hydrogen) atoms. The van der Waals surface area contributed by atoms with Gasteiger partial charge in [0.15, 0.2) is 0 Å². The Morgan fingerprint density at radius 3 is 2.41 bits per heavy atom. The first kappa shape index (κ1) is 18.9. The Hall–Kier alpha value is -2.85. The van der Waals surface area contributed by atoms with Crippen molar-refractivity contribution in [2.24, 2.45) is 0 Å². The molecule has 138 valence electrons. The van der Waals surface area contributed by atoms with Gasteiger partial charge in [-0.1, -0.05) is 36.4 Å². The van der Waals surface area contributed by atoms with Crippen LogP contribution in [0.1, 0.15) is 22.5 Å². The lowest BCUT2D eigenvalue weighted by Gasteiger charge is -2.12. The lowest BCUT2D eigenvalue weighted by Crippen LogP contribution is -2.04. The minimum absolute atomic E-state index is 0. The molecule has 0 atom stereocenters. The molecule has 0 spiro atoms. The predicted octanol–water partition coefficient (Wildman–Crippen LogP) is 5.10. The Labute approximate surface area is 165 Å². The molecule has 0 aliphatic rings. The molecule has 3 aromatic heterocycles. The van der Waals surface area contributed by atoms with Crippen molar-refractivity contribution in [2.45, 2.75) is 27.0 Å². The second-order valence-electron chi connectivity index (χ2n) is 6.40. The summed E-state index contributed by atoms with van der Waals surface area (Å²) in [6.07, 6.45) is 3.60. The molecule has 3 heterocycles. The summed E-state index contributed by atoms with van der Waals surface area (Å²) in [6, 6.07) is 18.3. The van der Waals surface area contributed by atoms with E-state index in [9.17, 15) is 0 Å². The Morgan fingerprint density at radius 2 is 1.67 bits per heavy atom. The highest BCUT2D eigenvalue weighted by Gasteiger charge is 2.16. The summed E-state index contributed by atoms with van der Waals surface area (Å²) in [6.45, 7) is 5.49. The molecule has 0 aliphatic heterocycles. The number of aryl methyl sites for hydroxylation is 1. The van der Waals surface area contributed by atoms with Crippen LogP contribution in [-0.2, 0) is 13.2 Å². The van der Waals surface area contributed by atoms with Crippen LogP contribution in [0, 0.1) is 13.8 Å². The van der Waals surface area contributed by atoms with Gasteiger partial charge in [-0.15, -0.1) is 12.4 Å². The van der Waals surface area contributed by atoms with Gasteiger partial charge in [-0.3, -0.25) is 9.97 Å². The van der Waals surface area contributed by atoms with E-state index in [1.807, 2.05) is 36.5 Å². The summed E-state index contributed by atoms with van der Waals surface area (Å²) in [5.74, 6) is 0.841. The van der Waals surface area contributed by atoms with E-state index in [-0.39, 0.29) is 12.4 Å². The topological polar surface area (TPSA) is 39.9 Å². The number of hydrogen-bond donors (Lipinski definition) is 0. The van der Waals surface area contributed by atoms with E-state index in [1.54, 1.807) is 6.20 Å². The van der Waals surface area contributed by atoms with Crippen molar-refractivity contribution in [1.82, 2.24) is 14.5 Å². The molecule has 0 amide bonds. The highest BCUT2D eigenvalue weighted by Crippen LogP contribution is 2.31. The molecule has 0 bridgehead atoms. The normalized spacial score (nSPS) is 10.6. The van der Waals surface area contributed by atoms with Crippen molar-refractivity contribution in [1.29, 1.82) is 0 Å². The maximum Gasteiger partial charge on any atom is 0.147 e. The number of fused-ring (bicyclic) bond motifs is 1. The third-order valence-corrected chi connectivity index (χ3v) is 4.75. The van der Waals surface area contributed by atoms with Crippen molar-refractivity contribution in [3.05, 3.63) is 89.5 Å². The number of aromatic nitrogens is 3. The van der Waals surface area contributed by atoms with Crippen LogP contribution >= 0.6 is 12.4 Å². The van der Waals surface area contributed by atoms with Gasteiger partial charge in [0, 0.05) is 30.7 Å². The first-order chi connectivity index (χ1) is 12.7. The third kappa shape index (κ3) is 3.81. The molecule has 0 unspecified atom stereocenters. The number of benzene rings is 1. The molecule has 0 N–H and O–H groups in total. The number of ether oxygens (including phenoxy) is 1. The number of hydrogen-bond acceptors (Lipinski definition) is 3. The van der Waals surface area contributed by atoms with Gasteiger partial charge in [0.05, 0.1) is 11.2 Å². The lowest BCUT2D eigenvalue weighted by molar-refractivity contribution is 0.303. The highest BCUT2D eigenvalue weighted by molar-refractivity contribution is 5.86. The van der Waals surface area contributed by atoms with Gasteiger partial charge in [0.2, 0.25) is 0 Å². The van der Waals surface area contributed by atoms with E-state index >= 15 is 0 Å². The average molecular weight is 380 g/mol. The zero-order valence-electron chi connectivity index (χ0n) is 15.4. The maximum absolute atomic E-state index is 6.13. The van der Waals surface area contributed by atoms with Gasteiger partial charge >= 0.3 is 0 Å². The quantitative estimate of drug-likeness (QED) is 0.484. The molecule has 1 aromatic carbocycles. The number of pyridine rings is 2. The SMILES string of the molecule is Cc1c(C)n(Cc2ccccc2)c2c(OCc3ccccn3)ccnc12.Cl. The summed E-state index contributed by atoms with van der Waals surface area (Å²) in [5, 5.41) is 0. The molecule has 0 saturated carbocycles. The van der Waals surface area contributed by atoms with Crippen molar-refractivity contribution >= 4 is 23.4 Å². The minimum atomic E-state index is 0. The van der Waals surface area contributed by atoms with Crippen LogP contribution in [0.4, 0.5) is 0 Å². The summed E-state index contributed by atoms with van der Waals surface area (Å²) < 4.78 is 8.42. The first-order valence-electron chi connectivity index (χ1n) is 8.75. The molecule has 4 rings (SSSR count). The average Bonchev–Trinajstić information content (AvgIpc) is 2.93. The van der Waals surface area contributed by atoms with Gasteiger partial charge in [-0.25, -0.2) is 0 Å². The predicted molar refractivity (Wildman–Crippen MR) is 111 cm³/mol. The molecule has 0 fully saturated rings. The largest absolute Gasteiger partial charge is 0.485 e. The summed E-state index contributed by atoms with van der Waals surface area (Å²) in [7, 11) is 0. The van der Waals surface area contributed by atoms with Crippen molar-refractivity contribution in [3.8, 4) is 5.75 Å². The fourth-order valence-corrected chi connectivity index (χ4v) is 3.23. The second kappa shape index (κ2) is 8.23. The number of halogens is 1. The van der Waals surface area contributed by atoms with Crippen molar-refractivity contribution in [3.63, 3.8) is 0 Å². The first-order valence-corrected chi connectivity index (χ1v) is 8.75. The van der Waals surface area contributed by atoms with Crippen LogP contribution in [0.15, 0.2) is 67.0 Å². The molecule has 5 heteroatoms. The van der Waals surface area contributed by atoms with Gasteiger partial charge in [-0.2, -0.15) is 0 Å². The summed E-state index contributed by atoms with van der Waals surface area (Å²) >= 11 is 0. The Morgan fingerprint density at radius 1 is 0.889 bits per heavy atom. The van der Waals surface area contributed by atoms with Gasteiger partial charge in [0.1, 0.15) is 17.9 Å². The van der Waals surface area contributed by atoms with Crippen LogP contribution in [0.2, 0.25) is 0 Å². The fourth-order valence-electron chi connectivity index (χ4n) is 3.23. The van der Waals surface area contributed by atoms with Crippen molar-refractivity contribution in [2.75, 3.05) is 0 Å². The Bertz CT molecular complexity index is 1030. The molecule has 4 aromatic rings. The maximum atomic E-state index is 6.13. The van der Waals surface area contributed by atoms with Crippen LogP contribution < -0.4 is 4.74 Å². The van der Waals surface area contributed by atoms with E-state index in [2.05, 4.69) is 52.6 Å². The van der Waals surface area contributed by atoms with E-state index < -0.39 is 0 Å². The van der Waals surface area contributed by atoms with Gasteiger partial charge in [-0.05, 0) is 37.1 Å².